The van der Waals surface area contributed by atoms with Gasteiger partial charge in [-0.25, -0.2) is 4.79 Å². The molecule has 0 aliphatic rings. The Morgan fingerprint density at radius 3 is 0.960 bits per heavy atom. The molecule has 0 aromatic heterocycles. The van der Waals surface area contributed by atoms with Crippen molar-refractivity contribution in [1.29, 1.82) is 0 Å². The third kappa shape index (κ3) is 2.74. The normalized spacial score (nSPS) is 16.1. The molecular weight excluding hydrogens is 417 g/mol. The van der Waals surface area contributed by atoms with E-state index in [4.69, 9.17) is 5.11 Å². The highest BCUT2D eigenvalue weighted by atomic mass is 19.5. The second-order valence-electron chi connectivity index (χ2n) is 4.25. The topological polar surface area (TPSA) is 37.3 Å². The number of aliphatic carboxylic acids is 1. The lowest BCUT2D eigenvalue weighted by molar-refractivity contribution is -0.450. The number of alkyl halides is 15. The first kappa shape index (κ1) is 23.4. The number of carboxylic acids is 1. The van der Waals surface area contributed by atoms with Crippen LogP contribution < -0.4 is 0 Å². The van der Waals surface area contributed by atoms with Gasteiger partial charge >= 0.3 is 47.7 Å². The zero-order valence-corrected chi connectivity index (χ0v) is 10.5. The van der Waals surface area contributed by atoms with Crippen LogP contribution in [0.15, 0.2) is 0 Å². The molecule has 1 N–H and O–H groups in total. The molecule has 0 amide bonds. The van der Waals surface area contributed by atoms with E-state index in [-0.39, 0.29) is 0 Å². The van der Waals surface area contributed by atoms with Crippen LogP contribution in [0.5, 0.6) is 0 Å². The fraction of sp³-hybridized carbons (Fsp3) is 0.875. The van der Waals surface area contributed by atoms with Gasteiger partial charge in [-0.2, -0.15) is 65.9 Å². The standard InChI is InChI=1S/C8HF15O2/c9-2(10,1(24)25)3(11,12)4(13,14)5(15,16)6(17,18)7(19,20)8(21,22)23/h(H,24,25)/i5+1,6+1,7+1,8+1. The highest BCUT2D eigenvalue weighted by molar-refractivity contribution is 5.77. The van der Waals surface area contributed by atoms with Crippen LogP contribution >= 0.6 is 0 Å². The Labute approximate surface area is 125 Å². The van der Waals surface area contributed by atoms with Crippen LogP contribution in [0.3, 0.4) is 0 Å². The maximum atomic E-state index is 12.8. The fourth-order valence-electron chi connectivity index (χ4n) is 1.10. The van der Waals surface area contributed by atoms with Gasteiger partial charge in [0.25, 0.3) is 0 Å². The van der Waals surface area contributed by atoms with Gasteiger partial charge in [-0.3, -0.25) is 0 Å². The second kappa shape index (κ2) is 5.46. The van der Waals surface area contributed by atoms with Gasteiger partial charge in [0.05, 0.1) is 0 Å². The first-order valence-corrected chi connectivity index (χ1v) is 5.01. The molecule has 0 atom stereocenters. The monoisotopic (exact) mass is 418 g/mol. The second-order valence-corrected chi connectivity index (χ2v) is 4.25. The van der Waals surface area contributed by atoms with Crippen LogP contribution in [0.25, 0.3) is 0 Å². The van der Waals surface area contributed by atoms with Gasteiger partial charge in [0.1, 0.15) is 0 Å². The van der Waals surface area contributed by atoms with Gasteiger partial charge in [-0.05, 0) is 0 Å². The van der Waals surface area contributed by atoms with Crippen LogP contribution in [0.4, 0.5) is 65.9 Å². The van der Waals surface area contributed by atoms with E-state index in [9.17, 15) is 70.7 Å². The zero-order valence-electron chi connectivity index (χ0n) is 10.5. The molecule has 0 bridgehead atoms. The molecule has 25 heavy (non-hydrogen) atoms. The van der Waals surface area contributed by atoms with Crippen LogP contribution in [0.2, 0.25) is 0 Å². The maximum absolute atomic E-state index is 12.8. The Balaban J connectivity index is 6.55. The quantitative estimate of drug-likeness (QED) is 0.512. The summed E-state index contributed by atoms with van der Waals surface area (Å²) in [6.45, 7) is 0. The van der Waals surface area contributed by atoms with Gasteiger partial charge in [-0.1, -0.05) is 0 Å². The lowest BCUT2D eigenvalue weighted by Crippen LogP contribution is -2.73. The van der Waals surface area contributed by atoms with Gasteiger partial charge < -0.3 is 5.11 Å². The molecule has 0 aliphatic carbocycles. The summed E-state index contributed by atoms with van der Waals surface area (Å²) >= 11 is 0. The van der Waals surface area contributed by atoms with Crippen molar-refractivity contribution in [3.05, 3.63) is 0 Å². The highest BCUT2D eigenvalue weighted by Crippen LogP contribution is 2.62. The maximum Gasteiger partial charge on any atom is 0.460 e. The predicted octanol–water partition coefficient (Wildman–Crippen LogP) is 4.45. The van der Waals surface area contributed by atoms with E-state index in [1.807, 2.05) is 0 Å². The molecule has 0 unspecified atom stereocenters. The van der Waals surface area contributed by atoms with Crippen molar-refractivity contribution in [2.24, 2.45) is 0 Å². The smallest absolute Gasteiger partial charge is 0.460 e. The van der Waals surface area contributed by atoms with Crippen molar-refractivity contribution in [2.45, 2.75) is 41.7 Å². The Hall–Kier alpha value is -1.58. The number of rotatable bonds is 6. The molecule has 2 nitrogen and oxygen atoms in total. The third-order valence-electron chi connectivity index (χ3n) is 2.60. The Morgan fingerprint density at radius 1 is 0.480 bits per heavy atom. The minimum absolute atomic E-state index is 4.28. The van der Waals surface area contributed by atoms with Crippen LogP contribution in [-0.4, -0.2) is 52.8 Å². The average Bonchev–Trinajstić information content (AvgIpc) is 2.35. The van der Waals surface area contributed by atoms with Gasteiger partial charge in [0.2, 0.25) is 0 Å². The Bertz CT molecular complexity index is 530. The van der Waals surface area contributed by atoms with E-state index >= 15 is 0 Å². The molecule has 0 aromatic rings. The van der Waals surface area contributed by atoms with Gasteiger partial charge in [0.15, 0.2) is 0 Å². The van der Waals surface area contributed by atoms with Crippen molar-refractivity contribution >= 4 is 5.97 Å². The van der Waals surface area contributed by atoms with Gasteiger partial charge in [-0.15, -0.1) is 0 Å². The Morgan fingerprint density at radius 2 is 0.720 bits per heavy atom. The molecule has 0 rings (SSSR count). The molecule has 0 spiro atoms. The Kier molecular flexibility index (Phi) is 5.11. The molecule has 17 heteroatoms. The average molecular weight is 418 g/mol. The summed E-state index contributed by atoms with van der Waals surface area (Å²) < 4.78 is 187. The van der Waals surface area contributed by atoms with E-state index in [0.717, 1.165) is 0 Å². The highest BCUT2D eigenvalue weighted by Gasteiger charge is 2.94. The van der Waals surface area contributed by atoms with E-state index < -0.39 is 47.7 Å². The molecule has 0 fully saturated rings. The summed E-state index contributed by atoms with van der Waals surface area (Å²) in [5, 5.41) is 7.57. The summed E-state index contributed by atoms with van der Waals surface area (Å²) in [6.07, 6.45) is -7.69. The van der Waals surface area contributed by atoms with E-state index in [0.29, 0.717) is 0 Å². The van der Waals surface area contributed by atoms with Crippen molar-refractivity contribution in [3.8, 4) is 0 Å². The molecule has 0 aromatic carbocycles. The molecule has 150 valence electrons. The minimum Gasteiger partial charge on any atom is -0.477 e. The predicted molar refractivity (Wildman–Crippen MR) is 43.4 cm³/mol. The third-order valence-corrected chi connectivity index (χ3v) is 2.60. The van der Waals surface area contributed by atoms with Gasteiger partial charge in [0, 0.05) is 0 Å². The number of carboxylic acid groups (broad SMARTS) is 1. The van der Waals surface area contributed by atoms with E-state index in [1.54, 1.807) is 0 Å². The van der Waals surface area contributed by atoms with Crippen molar-refractivity contribution < 1.29 is 75.8 Å². The lowest BCUT2D eigenvalue weighted by Gasteiger charge is -2.40. The van der Waals surface area contributed by atoms with Crippen LogP contribution in [0, 0.1) is 0 Å². The number of hydrogen-bond donors (Lipinski definition) is 1. The SMILES string of the molecule is O=C(O)C(F)(F)C(F)(F)C(F)(F)[13C](F)(F)[13C](F)(F)[13C](F)(F)[13C](F)(F)F. The number of carbonyl (C=O) groups is 1. The summed E-state index contributed by atoms with van der Waals surface area (Å²) in [4.78, 5) is 9.72. The largest absolute Gasteiger partial charge is 0.477 e. The number of halogens is 15. The lowest BCUT2D eigenvalue weighted by atomic mass is 10.1. The zero-order chi connectivity index (χ0) is 21.1. The molecule has 0 aliphatic heterocycles. The molecule has 0 radical (unpaired) electrons. The summed E-state index contributed by atoms with van der Waals surface area (Å²) in [7, 11) is 0. The van der Waals surface area contributed by atoms with E-state index in [2.05, 4.69) is 0 Å². The van der Waals surface area contributed by atoms with Crippen molar-refractivity contribution in [3.63, 3.8) is 0 Å². The van der Waals surface area contributed by atoms with Crippen molar-refractivity contribution in [2.75, 3.05) is 0 Å². The molecular formula is C8HF15O2. The first-order chi connectivity index (χ1) is 10.4. The summed E-state index contributed by atoms with van der Waals surface area (Å²) in [5.74, 6) is -52.8. The fourth-order valence-corrected chi connectivity index (χ4v) is 1.10. The minimum atomic E-state index is -8.47. The van der Waals surface area contributed by atoms with Crippen LogP contribution in [0.1, 0.15) is 0 Å². The van der Waals surface area contributed by atoms with E-state index in [1.165, 1.54) is 0 Å². The number of hydrogen-bond acceptors (Lipinski definition) is 1. The summed E-state index contributed by atoms with van der Waals surface area (Å²) in [6, 6.07) is 0. The molecule has 0 saturated carbocycles. The molecule has 0 heterocycles. The van der Waals surface area contributed by atoms with Crippen molar-refractivity contribution in [1.82, 2.24) is 0 Å². The summed E-state index contributed by atoms with van der Waals surface area (Å²) in [5.41, 5.74) is 0. The molecule has 0 saturated heterocycles. The van der Waals surface area contributed by atoms with Crippen LogP contribution in [-0.2, 0) is 4.79 Å². The first-order valence-electron chi connectivity index (χ1n) is 5.01.